The van der Waals surface area contributed by atoms with Gasteiger partial charge in [0.15, 0.2) is 5.78 Å². The van der Waals surface area contributed by atoms with Crippen LogP contribution in [0.1, 0.15) is 17.3 Å². The number of ether oxygens (including phenoxy) is 1. The van der Waals surface area contributed by atoms with E-state index in [9.17, 15) is 4.79 Å². The summed E-state index contributed by atoms with van der Waals surface area (Å²) in [7, 11) is 0. The predicted molar refractivity (Wildman–Crippen MR) is 80.1 cm³/mol. The fourth-order valence-corrected chi connectivity index (χ4v) is 2.11. The number of anilines is 1. The van der Waals surface area contributed by atoms with Crippen LogP contribution in [0.15, 0.2) is 42.5 Å². The number of halogens is 1. The van der Waals surface area contributed by atoms with E-state index in [2.05, 4.69) is 22.6 Å². The highest BCUT2D eigenvalue weighted by Gasteiger charge is 2.06. The Bertz CT molecular complexity index is 596. The molecule has 0 spiro atoms. The molecular formula is C14H12INO2. The molecule has 18 heavy (non-hydrogen) atoms. The van der Waals surface area contributed by atoms with Crippen molar-refractivity contribution in [2.75, 3.05) is 5.73 Å². The molecule has 0 heterocycles. The van der Waals surface area contributed by atoms with Crippen molar-refractivity contribution in [3.63, 3.8) is 0 Å². The van der Waals surface area contributed by atoms with Crippen LogP contribution < -0.4 is 10.5 Å². The molecule has 2 rings (SSSR count). The van der Waals surface area contributed by atoms with Gasteiger partial charge in [-0.15, -0.1) is 0 Å². The Morgan fingerprint density at radius 1 is 1.17 bits per heavy atom. The third kappa shape index (κ3) is 3.01. The molecule has 0 aliphatic rings. The van der Waals surface area contributed by atoms with E-state index in [-0.39, 0.29) is 5.78 Å². The fraction of sp³-hybridized carbons (Fsp3) is 0.0714. The number of Topliss-reactive ketones (excluding diaryl/α,β-unsaturated/α-hetero) is 1. The maximum absolute atomic E-state index is 11.3. The summed E-state index contributed by atoms with van der Waals surface area (Å²) in [5.74, 6) is 1.32. The van der Waals surface area contributed by atoms with Crippen molar-refractivity contribution < 1.29 is 9.53 Å². The highest BCUT2D eigenvalue weighted by molar-refractivity contribution is 14.1. The minimum Gasteiger partial charge on any atom is -0.457 e. The van der Waals surface area contributed by atoms with Gasteiger partial charge in [-0.05, 0) is 59.8 Å². The number of benzene rings is 2. The van der Waals surface area contributed by atoms with Crippen LogP contribution in [0.2, 0.25) is 0 Å². The van der Waals surface area contributed by atoms with Crippen LogP contribution in [0.3, 0.4) is 0 Å². The molecule has 0 aliphatic carbocycles. The van der Waals surface area contributed by atoms with Crippen molar-refractivity contribution in [2.45, 2.75) is 6.92 Å². The summed E-state index contributed by atoms with van der Waals surface area (Å²) in [6, 6.07) is 12.8. The summed E-state index contributed by atoms with van der Waals surface area (Å²) >= 11 is 2.22. The van der Waals surface area contributed by atoms with Gasteiger partial charge in [0.1, 0.15) is 11.5 Å². The standard InChI is InChI=1S/C14H12INO2/c1-9(17)13-6-5-12(8-14(13)16)18-11-4-2-3-10(15)7-11/h2-8H,16H2,1H3. The summed E-state index contributed by atoms with van der Waals surface area (Å²) in [4.78, 5) is 11.3. The van der Waals surface area contributed by atoms with Gasteiger partial charge in [-0.1, -0.05) is 6.07 Å². The van der Waals surface area contributed by atoms with Crippen LogP contribution >= 0.6 is 22.6 Å². The van der Waals surface area contributed by atoms with Gasteiger partial charge in [0.05, 0.1) is 0 Å². The highest BCUT2D eigenvalue weighted by Crippen LogP contribution is 2.26. The molecule has 0 atom stereocenters. The summed E-state index contributed by atoms with van der Waals surface area (Å²) in [6.07, 6.45) is 0. The Morgan fingerprint density at radius 3 is 2.50 bits per heavy atom. The minimum atomic E-state index is -0.0479. The van der Waals surface area contributed by atoms with Gasteiger partial charge in [0.25, 0.3) is 0 Å². The first-order valence-electron chi connectivity index (χ1n) is 5.40. The number of rotatable bonds is 3. The Morgan fingerprint density at radius 2 is 1.89 bits per heavy atom. The third-order valence-corrected chi connectivity index (χ3v) is 3.11. The predicted octanol–water partition coefficient (Wildman–Crippen LogP) is 3.87. The van der Waals surface area contributed by atoms with Gasteiger partial charge >= 0.3 is 0 Å². The van der Waals surface area contributed by atoms with E-state index in [0.717, 1.165) is 9.32 Å². The SMILES string of the molecule is CC(=O)c1ccc(Oc2cccc(I)c2)cc1N. The molecule has 0 aliphatic heterocycles. The van der Waals surface area contributed by atoms with E-state index < -0.39 is 0 Å². The topological polar surface area (TPSA) is 52.3 Å². The quantitative estimate of drug-likeness (QED) is 0.518. The molecule has 3 nitrogen and oxygen atoms in total. The van der Waals surface area contributed by atoms with E-state index in [4.69, 9.17) is 10.5 Å². The molecule has 0 aromatic heterocycles. The van der Waals surface area contributed by atoms with Gasteiger partial charge in [-0.2, -0.15) is 0 Å². The lowest BCUT2D eigenvalue weighted by Gasteiger charge is -2.08. The van der Waals surface area contributed by atoms with Gasteiger partial charge in [0, 0.05) is 20.9 Å². The zero-order valence-electron chi connectivity index (χ0n) is 9.81. The molecule has 2 aromatic rings. The fourth-order valence-electron chi connectivity index (χ4n) is 1.59. The van der Waals surface area contributed by atoms with Crippen molar-refractivity contribution in [2.24, 2.45) is 0 Å². The van der Waals surface area contributed by atoms with Gasteiger partial charge in [0.2, 0.25) is 0 Å². The minimum absolute atomic E-state index is 0.0479. The molecule has 4 heteroatoms. The Balaban J connectivity index is 2.25. The first-order chi connectivity index (χ1) is 8.56. The molecule has 92 valence electrons. The number of hydrogen-bond acceptors (Lipinski definition) is 3. The van der Waals surface area contributed by atoms with Crippen LogP contribution in [0, 0.1) is 3.57 Å². The second-order valence-corrected chi connectivity index (χ2v) is 5.11. The second kappa shape index (κ2) is 5.39. The zero-order valence-corrected chi connectivity index (χ0v) is 12.0. The first-order valence-corrected chi connectivity index (χ1v) is 6.48. The smallest absolute Gasteiger partial charge is 0.161 e. The van der Waals surface area contributed by atoms with Gasteiger partial charge in [-0.3, -0.25) is 4.79 Å². The summed E-state index contributed by atoms with van der Waals surface area (Å²) in [5.41, 5.74) is 6.76. The average molecular weight is 353 g/mol. The summed E-state index contributed by atoms with van der Waals surface area (Å²) in [6.45, 7) is 1.49. The van der Waals surface area contributed by atoms with Crippen LogP contribution in [0.5, 0.6) is 11.5 Å². The van der Waals surface area contributed by atoms with Crippen molar-refractivity contribution in [3.05, 3.63) is 51.6 Å². The third-order valence-electron chi connectivity index (χ3n) is 2.43. The number of ketones is 1. The molecule has 0 bridgehead atoms. The molecule has 0 saturated carbocycles. The Kier molecular flexibility index (Phi) is 3.86. The van der Waals surface area contributed by atoms with Crippen LogP contribution in [-0.2, 0) is 0 Å². The maximum Gasteiger partial charge on any atom is 0.161 e. The lowest BCUT2D eigenvalue weighted by molar-refractivity contribution is 0.101. The molecule has 2 N–H and O–H groups in total. The van der Waals surface area contributed by atoms with E-state index in [1.54, 1.807) is 18.2 Å². The maximum atomic E-state index is 11.3. The molecule has 0 radical (unpaired) electrons. The molecule has 2 aromatic carbocycles. The Labute approximate surface area is 119 Å². The zero-order chi connectivity index (χ0) is 13.1. The number of nitrogens with two attached hydrogens (primary N) is 1. The number of nitrogen functional groups attached to an aromatic ring is 1. The van der Waals surface area contributed by atoms with E-state index in [1.807, 2.05) is 24.3 Å². The normalized spacial score (nSPS) is 10.1. The highest BCUT2D eigenvalue weighted by atomic mass is 127. The van der Waals surface area contributed by atoms with Crippen molar-refractivity contribution in [1.29, 1.82) is 0 Å². The van der Waals surface area contributed by atoms with Gasteiger partial charge < -0.3 is 10.5 Å². The van der Waals surface area contributed by atoms with E-state index in [1.165, 1.54) is 6.92 Å². The summed E-state index contributed by atoms with van der Waals surface area (Å²) < 4.78 is 6.77. The van der Waals surface area contributed by atoms with Crippen molar-refractivity contribution in [1.82, 2.24) is 0 Å². The molecule has 0 amide bonds. The van der Waals surface area contributed by atoms with Gasteiger partial charge in [-0.25, -0.2) is 0 Å². The van der Waals surface area contributed by atoms with Crippen LogP contribution in [0.25, 0.3) is 0 Å². The molecule has 0 unspecified atom stereocenters. The van der Waals surface area contributed by atoms with E-state index in [0.29, 0.717) is 17.0 Å². The van der Waals surface area contributed by atoms with Crippen molar-refractivity contribution >= 4 is 34.1 Å². The monoisotopic (exact) mass is 353 g/mol. The van der Waals surface area contributed by atoms with Crippen LogP contribution in [0.4, 0.5) is 5.69 Å². The van der Waals surface area contributed by atoms with E-state index >= 15 is 0 Å². The lowest BCUT2D eigenvalue weighted by atomic mass is 10.1. The lowest BCUT2D eigenvalue weighted by Crippen LogP contribution is -1.99. The summed E-state index contributed by atoms with van der Waals surface area (Å²) in [5, 5.41) is 0. The number of carbonyl (C=O) groups excluding carboxylic acids is 1. The van der Waals surface area contributed by atoms with Crippen molar-refractivity contribution in [3.8, 4) is 11.5 Å². The molecule has 0 fully saturated rings. The second-order valence-electron chi connectivity index (χ2n) is 3.86. The number of hydrogen-bond donors (Lipinski definition) is 1. The average Bonchev–Trinajstić information content (AvgIpc) is 2.28. The van der Waals surface area contributed by atoms with Crippen LogP contribution in [-0.4, -0.2) is 5.78 Å². The number of carbonyl (C=O) groups is 1. The Hall–Kier alpha value is -1.56. The first kappa shape index (κ1) is 12.9. The largest absolute Gasteiger partial charge is 0.457 e. The molecular weight excluding hydrogens is 341 g/mol. The molecule has 0 saturated heterocycles.